The van der Waals surface area contributed by atoms with Gasteiger partial charge < -0.3 is 5.32 Å². The summed E-state index contributed by atoms with van der Waals surface area (Å²) in [7, 11) is 0. The first-order valence-electron chi connectivity index (χ1n) is 7.26. The number of thiazole rings is 1. The van der Waals surface area contributed by atoms with Crippen LogP contribution in [0, 0.1) is 18.8 Å². The van der Waals surface area contributed by atoms with Gasteiger partial charge in [-0.15, -0.1) is 11.3 Å². The van der Waals surface area contributed by atoms with Crippen molar-refractivity contribution in [3.63, 3.8) is 0 Å². The van der Waals surface area contributed by atoms with Gasteiger partial charge in [0.2, 0.25) is 0 Å². The van der Waals surface area contributed by atoms with E-state index in [-0.39, 0.29) is 5.54 Å². The van der Waals surface area contributed by atoms with Crippen LogP contribution in [0.1, 0.15) is 57.2 Å². The largest absolute Gasteiger partial charge is 0.305 e. The summed E-state index contributed by atoms with van der Waals surface area (Å²) in [4.78, 5) is 4.79. The fourth-order valence-corrected chi connectivity index (χ4v) is 4.32. The van der Waals surface area contributed by atoms with Crippen LogP contribution in [0.15, 0.2) is 5.38 Å². The summed E-state index contributed by atoms with van der Waals surface area (Å²) in [5.74, 6) is 1.54. The van der Waals surface area contributed by atoms with E-state index in [0.717, 1.165) is 12.5 Å². The molecule has 0 bridgehead atoms. The summed E-state index contributed by atoms with van der Waals surface area (Å²) in [6.07, 6.45) is 5.06. The highest BCUT2D eigenvalue weighted by atomic mass is 32.1. The molecule has 3 unspecified atom stereocenters. The lowest BCUT2D eigenvalue weighted by Gasteiger charge is -2.44. The number of hydrogen-bond donors (Lipinski definition) is 1. The van der Waals surface area contributed by atoms with Crippen molar-refractivity contribution >= 4 is 11.3 Å². The smallest absolute Gasteiger partial charge is 0.113 e. The van der Waals surface area contributed by atoms with Gasteiger partial charge in [-0.2, -0.15) is 0 Å². The van der Waals surface area contributed by atoms with Gasteiger partial charge in [-0.3, -0.25) is 0 Å². The van der Waals surface area contributed by atoms with Crippen LogP contribution in [0.5, 0.6) is 0 Å². The van der Waals surface area contributed by atoms with Crippen LogP contribution in [-0.4, -0.2) is 11.5 Å². The van der Waals surface area contributed by atoms with Gasteiger partial charge in [0, 0.05) is 11.1 Å². The molecule has 1 fully saturated rings. The van der Waals surface area contributed by atoms with Crippen LogP contribution in [0.3, 0.4) is 0 Å². The minimum absolute atomic E-state index is 0.140. The molecule has 1 heterocycles. The van der Waals surface area contributed by atoms with E-state index in [9.17, 15) is 0 Å². The summed E-state index contributed by atoms with van der Waals surface area (Å²) < 4.78 is 0. The monoisotopic (exact) mass is 266 g/mol. The third-order valence-electron chi connectivity index (χ3n) is 4.32. The maximum atomic E-state index is 4.79. The minimum Gasteiger partial charge on any atom is -0.305 e. The zero-order valence-electron chi connectivity index (χ0n) is 12.1. The summed E-state index contributed by atoms with van der Waals surface area (Å²) >= 11 is 1.84. The Morgan fingerprint density at radius 3 is 2.83 bits per heavy atom. The molecule has 2 rings (SSSR count). The Kier molecular flexibility index (Phi) is 4.44. The molecule has 0 spiro atoms. The van der Waals surface area contributed by atoms with Crippen LogP contribution < -0.4 is 5.32 Å². The van der Waals surface area contributed by atoms with Gasteiger partial charge in [0.15, 0.2) is 0 Å². The van der Waals surface area contributed by atoms with Crippen molar-refractivity contribution < 1.29 is 0 Å². The number of nitrogens with zero attached hydrogens (tertiary/aromatic N) is 1. The van der Waals surface area contributed by atoms with E-state index < -0.39 is 0 Å². The zero-order chi connectivity index (χ0) is 13.2. The molecule has 1 aliphatic rings. The van der Waals surface area contributed by atoms with Crippen LogP contribution in [-0.2, 0) is 5.54 Å². The first-order valence-corrected chi connectivity index (χ1v) is 8.14. The predicted octanol–water partition coefficient (Wildman–Crippen LogP) is 4.10. The Labute approximate surface area is 115 Å². The second-order valence-electron chi connectivity index (χ2n) is 5.97. The fraction of sp³-hybridized carbons (Fsp3) is 0.800. The molecular formula is C15H26N2S. The van der Waals surface area contributed by atoms with Crippen molar-refractivity contribution in [1.82, 2.24) is 10.3 Å². The molecule has 0 aliphatic heterocycles. The predicted molar refractivity (Wildman–Crippen MR) is 79.0 cm³/mol. The summed E-state index contributed by atoms with van der Waals surface area (Å²) in [5, 5.41) is 7.34. The number of aryl methyl sites for hydroxylation is 1. The van der Waals surface area contributed by atoms with E-state index >= 15 is 0 Å². The van der Waals surface area contributed by atoms with Crippen LogP contribution in [0.2, 0.25) is 0 Å². The van der Waals surface area contributed by atoms with Gasteiger partial charge in [-0.25, -0.2) is 4.98 Å². The topological polar surface area (TPSA) is 24.9 Å². The first-order chi connectivity index (χ1) is 8.58. The van der Waals surface area contributed by atoms with Crippen molar-refractivity contribution in [2.75, 3.05) is 6.54 Å². The van der Waals surface area contributed by atoms with Gasteiger partial charge in [-0.1, -0.05) is 20.8 Å². The van der Waals surface area contributed by atoms with Crippen molar-refractivity contribution in [2.24, 2.45) is 11.8 Å². The highest BCUT2D eigenvalue weighted by molar-refractivity contribution is 7.09. The highest BCUT2D eigenvalue weighted by Crippen LogP contribution is 2.44. The van der Waals surface area contributed by atoms with Crippen LogP contribution in [0.25, 0.3) is 0 Å². The maximum Gasteiger partial charge on any atom is 0.113 e. The van der Waals surface area contributed by atoms with Gasteiger partial charge in [0.25, 0.3) is 0 Å². The lowest BCUT2D eigenvalue weighted by molar-refractivity contribution is 0.122. The molecule has 0 amide bonds. The number of rotatable bonds is 4. The van der Waals surface area contributed by atoms with E-state index in [0.29, 0.717) is 5.92 Å². The third kappa shape index (κ3) is 2.62. The summed E-state index contributed by atoms with van der Waals surface area (Å²) in [6.45, 7) is 10.2. The molecule has 1 aliphatic carbocycles. The van der Waals surface area contributed by atoms with Crippen LogP contribution in [0.4, 0.5) is 0 Å². The maximum absolute atomic E-state index is 4.79. The second kappa shape index (κ2) is 5.70. The molecule has 1 aromatic heterocycles. The standard InChI is InChI=1S/C15H26N2S/c1-5-8-16-15(14-17-13(4)10-18-14)7-6-11(2)9-12(15)3/h10-12,16H,5-9H2,1-4H3. The lowest BCUT2D eigenvalue weighted by atomic mass is 9.70. The third-order valence-corrected chi connectivity index (χ3v) is 5.46. The van der Waals surface area contributed by atoms with Crippen molar-refractivity contribution in [3.05, 3.63) is 16.1 Å². The quantitative estimate of drug-likeness (QED) is 0.887. The number of hydrogen-bond acceptors (Lipinski definition) is 3. The molecule has 18 heavy (non-hydrogen) atoms. The second-order valence-corrected chi connectivity index (χ2v) is 6.83. The van der Waals surface area contributed by atoms with E-state index in [2.05, 4.69) is 38.4 Å². The SMILES string of the molecule is CCCNC1(c2nc(C)cs2)CCC(C)CC1C. The van der Waals surface area contributed by atoms with Crippen LogP contribution >= 0.6 is 11.3 Å². The van der Waals surface area contributed by atoms with Crippen molar-refractivity contribution in [2.45, 2.75) is 58.9 Å². The average Bonchev–Trinajstić information content (AvgIpc) is 2.76. The van der Waals surface area contributed by atoms with E-state index in [1.807, 2.05) is 11.3 Å². The van der Waals surface area contributed by atoms with E-state index in [1.54, 1.807) is 0 Å². The van der Waals surface area contributed by atoms with E-state index in [4.69, 9.17) is 4.98 Å². The Bertz CT molecular complexity index is 384. The van der Waals surface area contributed by atoms with Gasteiger partial charge in [0.05, 0.1) is 5.54 Å². The Morgan fingerprint density at radius 1 is 1.50 bits per heavy atom. The van der Waals surface area contributed by atoms with Gasteiger partial charge in [-0.05, 0) is 51.0 Å². The Balaban J connectivity index is 2.28. The molecule has 1 aromatic rings. The number of aromatic nitrogens is 1. The summed E-state index contributed by atoms with van der Waals surface area (Å²) in [5.41, 5.74) is 1.31. The highest BCUT2D eigenvalue weighted by Gasteiger charge is 2.43. The molecule has 1 N–H and O–H groups in total. The van der Waals surface area contributed by atoms with Crippen molar-refractivity contribution in [3.8, 4) is 0 Å². The van der Waals surface area contributed by atoms with E-state index in [1.165, 1.54) is 36.4 Å². The molecule has 3 atom stereocenters. The molecular weight excluding hydrogens is 240 g/mol. The number of nitrogens with one attached hydrogen (secondary N) is 1. The minimum atomic E-state index is 0.140. The summed E-state index contributed by atoms with van der Waals surface area (Å²) in [6, 6.07) is 0. The molecule has 1 saturated carbocycles. The molecule has 102 valence electrons. The van der Waals surface area contributed by atoms with Gasteiger partial charge >= 0.3 is 0 Å². The normalized spacial score (nSPS) is 32.7. The molecule has 3 heteroatoms. The lowest BCUT2D eigenvalue weighted by Crippen LogP contribution is -2.50. The molecule has 0 aromatic carbocycles. The van der Waals surface area contributed by atoms with Gasteiger partial charge in [0.1, 0.15) is 5.01 Å². The Hall–Kier alpha value is -0.410. The molecule has 0 radical (unpaired) electrons. The molecule has 0 saturated heterocycles. The Morgan fingerprint density at radius 2 is 2.28 bits per heavy atom. The zero-order valence-corrected chi connectivity index (χ0v) is 12.9. The first kappa shape index (κ1) is 14.0. The fourth-order valence-electron chi connectivity index (χ4n) is 3.21. The average molecular weight is 266 g/mol. The van der Waals surface area contributed by atoms with Crippen molar-refractivity contribution in [1.29, 1.82) is 0 Å². The molecule has 2 nitrogen and oxygen atoms in total.